The number of sulfonamides is 1. The number of aryl methyl sites for hydroxylation is 1. The summed E-state index contributed by atoms with van der Waals surface area (Å²) in [4.78, 5) is 27.9. The van der Waals surface area contributed by atoms with Crippen molar-refractivity contribution in [2.45, 2.75) is 37.8 Å². The van der Waals surface area contributed by atoms with Crippen molar-refractivity contribution in [1.29, 1.82) is 0 Å². The van der Waals surface area contributed by atoms with Crippen LogP contribution >= 0.6 is 23.2 Å². The average molecular weight is 563 g/mol. The molecule has 196 valence electrons. The SMILES string of the molecule is CCC(C(=O)NC)N(Cc1ccc(C)cc1)C(=O)CN(c1cccc(Cl)c1)S(=O)(=O)c1ccc(Cl)cc1. The molecule has 0 aliphatic carbocycles. The molecule has 0 saturated carbocycles. The van der Waals surface area contributed by atoms with Gasteiger partial charge < -0.3 is 10.2 Å². The minimum atomic E-state index is -4.18. The van der Waals surface area contributed by atoms with Gasteiger partial charge in [-0.25, -0.2) is 8.42 Å². The molecule has 0 bridgehead atoms. The zero-order valence-electron chi connectivity index (χ0n) is 20.8. The van der Waals surface area contributed by atoms with Crippen molar-refractivity contribution in [3.8, 4) is 0 Å². The van der Waals surface area contributed by atoms with Crippen molar-refractivity contribution >= 4 is 50.7 Å². The Hall–Kier alpha value is -3.07. The summed E-state index contributed by atoms with van der Waals surface area (Å²) in [5.74, 6) is -0.869. The third kappa shape index (κ3) is 7.03. The first-order valence-electron chi connectivity index (χ1n) is 11.7. The molecule has 0 fully saturated rings. The standard InChI is InChI=1S/C27H29Cl2N3O4S/c1-4-25(27(34)30-3)31(17-20-10-8-19(2)9-11-20)26(33)18-32(23-7-5-6-22(29)16-23)37(35,36)24-14-12-21(28)13-15-24/h5-16,25H,4,17-18H2,1-3H3,(H,30,34). The van der Waals surface area contributed by atoms with Gasteiger partial charge in [0.25, 0.3) is 10.0 Å². The average Bonchev–Trinajstić information content (AvgIpc) is 2.88. The van der Waals surface area contributed by atoms with Crippen LogP contribution in [0.2, 0.25) is 10.0 Å². The first-order chi connectivity index (χ1) is 17.6. The number of carbonyl (C=O) groups excluding carboxylic acids is 2. The highest BCUT2D eigenvalue weighted by molar-refractivity contribution is 7.92. The van der Waals surface area contributed by atoms with Gasteiger partial charge in [-0.15, -0.1) is 0 Å². The number of carbonyl (C=O) groups is 2. The lowest BCUT2D eigenvalue weighted by atomic mass is 10.1. The molecule has 7 nitrogen and oxygen atoms in total. The molecule has 0 heterocycles. The predicted octanol–water partition coefficient (Wildman–Crippen LogP) is 5.05. The lowest BCUT2D eigenvalue weighted by Crippen LogP contribution is -2.51. The molecular formula is C27H29Cl2N3O4S. The van der Waals surface area contributed by atoms with Crippen LogP contribution in [0.25, 0.3) is 0 Å². The number of likely N-dealkylation sites (N-methyl/N-ethyl adjacent to an activating group) is 1. The van der Waals surface area contributed by atoms with Crippen molar-refractivity contribution in [1.82, 2.24) is 10.2 Å². The van der Waals surface area contributed by atoms with Crippen molar-refractivity contribution in [2.24, 2.45) is 0 Å². The first kappa shape index (κ1) is 28.5. The second kappa shape index (κ2) is 12.4. The minimum absolute atomic E-state index is 0.0342. The van der Waals surface area contributed by atoms with E-state index in [1.165, 1.54) is 42.3 Å². The lowest BCUT2D eigenvalue weighted by molar-refractivity contribution is -0.140. The van der Waals surface area contributed by atoms with E-state index in [1.54, 1.807) is 25.1 Å². The Morgan fingerprint density at radius 3 is 2.16 bits per heavy atom. The Balaban J connectivity index is 2.05. The van der Waals surface area contributed by atoms with Gasteiger partial charge in [0.2, 0.25) is 11.8 Å². The second-order valence-corrected chi connectivity index (χ2v) is 11.2. The second-order valence-electron chi connectivity index (χ2n) is 8.49. The number of hydrogen-bond donors (Lipinski definition) is 1. The number of halogens is 2. The maximum absolute atomic E-state index is 13.8. The summed E-state index contributed by atoms with van der Waals surface area (Å²) in [6.07, 6.45) is 0.346. The van der Waals surface area contributed by atoms with Gasteiger partial charge >= 0.3 is 0 Å². The van der Waals surface area contributed by atoms with Crippen molar-refractivity contribution in [3.63, 3.8) is 0 Å². The molecule has 3 rings (SSSR count). The molecule has 1 unspecified atom stereocenters. The van der Waals surface area contributed by atoms with Gasteiger partial charge in [-0.3, -0.25) is 13.9 Å². The number of anilines is 1. The van der Waals surface area contributed by atoms with Crippen LogP contribution in [0.1, 0.15) is 24.5 Å². The van der Waals surface area contributed by atoms with Gasteiger partial charge in [-0.1, -0.05) is 66.0 Å². The fourth-order valence-corrected chi connectivity index (χ4v) is 5.59. The van der Waals surface area contributed by atoms with E-state index in [0.717, 1.165) is 15.4 Å². The third-order valence-corrected chi connectivity index (χ3v) is 8.16. The lowest BCUT2D eigenvalue weighted by Gasteiger charge is -2.33. The molecular weight excluding hydrogens is 533 g/mol. The Labute approximate surface area is 228 Å². The van der Waals surface area contributed by atoms with E-state index in [9.17, 15) is 18.0 Å². The van der Waals surface area contributed by atoms with Crippen molar-refractivity contribution in [2.75, 3.05) is 17.9 Å². The van der Waals surface area contributed by atoms with Crippen LogP contribution in [0.5, 0.6) is 0 Å². The van der Waals surface area contributed by atoms with E-state index in [2.05, 4.69) is 5.32 Å². The fraction of sp³-hybridized carbons (Fsp3) is 0.259. The van der Waals surface area contributed by atoms with Crippen LogP contribution < -0.4 is 9.62 Å². The van der Waals surface area contributed by atoms with Crippen molar-refractivity contribution < 1.29 is 18.0 Å². The molecule has 0 aliphatic heterocycles. The topological polar surface area (TPSA) is 86.8 Å². The first-order valence-corrected chi connectivity index (χ1v) is 13.9. The third-order valence-electron chi connectivity index (χ3n) is 5.88. The summed E-state index contributed by atoms with van der Waals surface area (Å²) in [5, 5.41) is 3.30. The quantitative estimate of drug-likeness (QED) is 0.375. The molecule has 1 atom stereocenters. The van der Waals surface area contributed by atoms with E-state index in [-0.39, 0.29) is 23.0 Å². The number of amides is 2. The largest absolute Gasteiger partial charge is 0.357 e. The molecule has 3 aromatic rings. The Morgan fingerprint density at radius 2 is 1.59 bits per heavy atom. The van der Waals surface area contributed by atoms with Crippen LogP contribution in [0.4, 0.5) is 5.69 Å². The van der Waals surface area contributed by atoms with E-state index in [1.807, 2.05) is 31.2 Å². The fourth-order valence-electron chi connectivity index (χ4n) is 3.87. The molecule has 3 aromatic carbocycles. The number of benzene rings is 3. The molecule has 0 saturated heterocycles. The minimum Gasteiger partial charge on any atom is -0.357 e. The van der Waals surface area contributed by atoms with Crippen LogP contribution in [-0.2, 0) is 26.2 Å². The van der Waals surface area contributed by atoms with Gasteiger partial charge in [0.05, 0.1) is 10.6 Å². The summed E-state index contributed by atoms with van der Waals surface area (Å²) in [7, 11) is -2.68. The number of nitrogens with one attached hydrogen (secondary N) is 1. The van der Waals surface area contributed by atoms with E-state index < -0.39 is 28.5 Å². The molecule has 0 aromatic heterocycles. The summed E-state index contributed by atoms with van der Waals surface area (Å²) in [5.41, 5.74) is 2.09. The zero-order valence-corrected chi connectivity index (χ0v) is 23.1. The molecule has 2 amide bonds. The monoisotopic (exact) mass is 561 g/mol. The van der Waals surface area contributed by atoms with Crippen LogP contribution in [0.15, 0.2) is 77.7 Å². The van der Waals surface area contributed by atoms with E-state index in [0.29, 0.717) is 16.5 Å². The Kier molecular flexibility index (Phi) is 9.59. The van der Waals surface area contributed by atoms with Gasteiger partial charge in [0.15, 0.2) is 0 Å². The molecule has 10 heteroatoms. The zero-order chi connectivity index (χ0) is 27.2. The van der Waals surface area contributed by atoms with Crippen LogP contribution in [0.3, 0.4) is 0 Å². The molecule has 37 heavy (non-hydrogen) atoms. The molecule has 1 N–H and O–H groups in total. The van der Waals surface area contributed by atoms with Crippen molar-refractivity contribution in [3.05, 3.63) is 94.0 Å². The maximum Gasteiger partial charge on any atom is 0.264 e. The smallest absolute Gasteiger partial charge is 0.264 e. The van der Waals surface area contributed by atoms with Crippen LogP contribution in [0, 0.1) is 6.92 Å². The summed E-state index contributed by atoms with van der Waals surface area (Å²) >= 11 is 12.1. The highest BCUT2D eigenvalue weighted by Crippen LogP contribution is 2.27. The highest BCUT2D eigenvalue weighted by Gasteiger charge is 2.33. The molecule has 0 radical (unpaired) electrons. The Bertz CT molecular complexity index is 1350. The van der Waals surface area contributed by atoms with Gasteiger partial charge in [-0.05, 0) is 61.4 Å². The summed E-state index contributed by atoms with van der Waals surface area (Å²) in [6, 6.07) is 18.8. The van der Waals surface area contributed by atoms with Gasteiger partial charge in [-0.2, -0.15) is 0 Å². The number of nitrogens with zero attached hydrogens (tertiary/aromatic N) is 2. The Morgan fingerprint density at radius 1 is 0.946 bits per heavy atom. The van der Waals surface area contributed by atoms with Crippen LogP contribution in [-0.4, -0.2) is 44.8 Å². The highest BCUT2D eigenvalue weighted by atomic mass is 35.5. The maximum atomic E-state index is 13.8. The van der Waals surface area contributed by atoms with E-state index >= 15 is 0 Å². The normalized spacial score (nSPS) is 12.0. The number of rotatable bonds is 10. The summed E-state index contributed by atoms with van der Waals surface area (Å²) in [6.45, 7) is 3.35. The van der Waals surface area contributed by atoms with E-state index in [4.69, 9.17) is 23.2 Å². The molecule has 0 aliphatic rings. The predicted molar refractivity (Wildman–Crippen MR) is 147 cm³/mol. The molecule has 0 spiro atoms. The van der Waals surface area contributed by atoms with Gasteiger partial charge in [0, 0.05) is 23.6 Å². The van der Waals surface area contributed by atoms with Gasteiger partial charge in [0.1, 0.15) is 12.6 Å². The summed E-state index contributed by atoms with van der Waals surface area (Å²) < 4.78 is 28.5. The number of hydrogen-bond acceptors (Lipinski definition) is 4.